The molecule has 1 N–H and O–H groups in total. The average molecular weight is 431 g/mol. The standard InChI is InChI=1S/C24H48NO3P/c1-6-8-9-10-11-12-13-14-15-16-17-18-19-20-21-23-28-29(26,27)24(22-7-2)25(3,4)5/h6,11-12,24H,1,7-10,13-23H2,2-5H3/p+1. The molecule has 0 heterocycles. The lowest BCUT2D eigenvalue weighted by Crippen LogP contribution is -2.45. The van der Waals surface area contributed by atoms with Crippen molar-refractivity contribution in [3.63, 3.8) is 0 Å². The molecule has 5 heteroatoms. The van der Waals surface area contributed by atoms with Crippen molar-refractivity contribution >= 4 is 7.60 Å². The highest BCUT2D eigenvalue weighted by atomic mass is 31.2. The normalized spacial score (nSPS) is 15.5. The van der Waals surface area contributed by atoms with E-state index < -0.39 is 7.60 Å². The molecule has 0 aromatic heterocycles. The quantitative estimate of drug-likeness (QED) is 0.0944. The zero-order valence-electron chi connectivity index (χ0n) is 19.8. The fourth-order valence-electron chi connectivity index (χ4n) is 3.57. The first-order chi connectivity index (χ1) is 13.8. The number of quaternary nitrogens is 1. The van der Waals surface area contributed by atoms with Gasteiger partial charge in [0.15, 0.2) is 5.78 Å². The smallest absolute Gasteiger partial charge is 0.320 e. The third-order valence-corrected chi connectivity index (χ3v) is 7.56. The van der Waals surface area contributed by atoms with E-state index in [2.05, 4.69) is 18.7 Å². The molecule has 0 aliphatic rings. The highest BCUT2D eigenvalue weighted by Crippen LogP contribution is 2.51. The van der Waals surface area contributed by atoms with E-state index in [1.54, 1.807) is 0 Å². The van der Waals surface area contributed by atoms with Gasteiger partial charge < -0.3 is 13.9 Å². The van der Waals surface area contributed by atoms with Gasteiger partial charge in [0, 0.05) is 6.42 Å². The van der Waals surface area contributed by atoms with Crippen LogP contribution in [0.3, 0.4) is 0 Å². The maximum absolute atomic E-state index is 12.6. The van der Waals surface area contributed by atoms with Crippen LogP contribution >= 0.6 is 7.60 Å². The number of nitrogens with zero attached hydrogens (tertiary/aromatic N) is 1. The Bertz CT molecular complexity index is 471. The van der Waals surface area contributed by atoms with Gasteiger partial charge in [0.1, 0.15) is 0 Å². The number of hydrogen-bond donors (Lipinski definition) is 1. The maximum atomic E-state index is 12.6. The molecule has 0 bridgehead atoms. The Morgan fingerprint density at radius 2 is 1.41 bits per heavy atom. The largest absolute Gasteiger partial charge is 0.385 e. The van der Waals surface area contributed by atoms with Crippen molar-refractivity contribution < 1.29 is 18.5 Å². The number of allylic oxidation sites excluding steroid dienone is 3. The van der Waals surface area contributed by atoms with Crippen LogP contribution < -0.4 is 0 Å². The summed E-state index contributed by atoms with van der Waals surface area (Å²) in [4.78, 5) is 10.4. The van der Waals surface area contributed by atoms with Crippen molar-refractivity contribution in [2.24, 2.45) is 0 Å². The van der Waals surface area contributed by atoms with E-state index in [1.807, 2.05) is 34.1 Å². The molecule has 172 valence electrons. The lowest BCUT2D eigenvalue weighted by Gasteiger charge is -2.35. The summed E-state index contributed by atoms with van der Waals surface area (Å²) in [6, 6.07) is 0. The van der Waals surface area contributed by atoms with Crippen LogP contribution in [0.5, 0.6) is 0 Å². The molecular formula is C24H49NO3P+. The predicted molar refractivity (Wildman–Crippen MR) is 127 cm³/mol. The van der Waals surface area contributed by atoms with E-state index in [0.717, 1.165) is 25.7 Å². The molecule has 0 aromatic rings. The van der Waals surface area contributed by atoms with Gasteiger partial charge >= 0.3 is 7.60 Å². The van der Waals surface area contributed by atoms with Crippen molar-refractivity contribution in [2.45, 2.75) is 103 Å². The van der Waals surface area contributed by atoms with Crippen LogP contribution in [0.4, 0.5) is 0 Å². The Balaban J connectivity index is 3.63. The number of rotatable bonds is 20. The van der Waals surface area contributed by atoms with Gasteiger partial charge in [-0.1, -0.05) is 63.7 Å². The van der Waals surface area contributed by atoms with E-state index in [-0.39, 0.29) is 5.78 Å². The predicted octanol–water partition coefficient (Wildman–Crippen LogP) is 7.44. The van der Waals surface area contributed by atoms with E-state index in [4.69, 9.17) is 4.52 Å². The molecule has 29 heavy (non-hydrogen) atoms. The van der Waals surface area contributed by atoms with Crippen LogP contribution in [-0.2, 0) is 9.09 Å². The van der Waals surface area contributed by atoms with Gasteiger partial charge in [0.2, 0.25) is 0 Å². The fraction of sp³-hybridized carbons (Fsp3) is 0.833. The minimum absolute atomic E-state index is 0.338. The molecule has 0 aromatic carbocycles. The molecule has 0 saturated carbocycles. The lowest BCUT2D eigenvalue weighted by molar-refractivity contribution is -0.883. The summed E-state index contributed by atoms with van der Waals surface area (Å²) in [6.45, 7) is 6.18. The second-order valence-corrected chi connectivity index (χ2v) is 11.1. The van der Waals surface area contributed by atoms with Crippen LogP contribution in [0.1, 0.15) is 96.8 Å². The highest BCUT2D eigenvalue weighted by molar-refractivity contribution is 7.53. The second-order valence-electron chi connectivity index (χ2n) is 9.09. The van der Waals surface area contributed by atoms with Crippen LogP contribution in [0.25, 0.3) is 0 Å². The topological polar surface area (TPSA) is 46.5 Å². The Kier molecular flexibility index (Phi) is 17.0. The van der Waals surface area contributed by atoms with E-state index in [9.17, 15) is 9.46 Å². The zero-order valence-corrected chi connectivity index (χ0v) is 20.7. The van der Waals surface area contributed by atoms with Gasteiger partial charge in [-0.05, 0) is 44.9 Å². The van der Waals surface area contributed by atoms with Gasteiger partial charge in [-0.25, -0.2) is 0 Å². The summed E-state index contributed by atoms with van der Waals surface area (Å²) in [5, 5.41) is 0. The molecule has 0 radical (unpaired) electrons. The minimum Gasteiger partial charge on any atom is -0.320 e. The molecular weight excluding hydrogens is 381 g/mol. The van der Waals surface area contributed by atoms with Crippen molar-refractivity contribution in [1.82, 2.24) is 0 Å². The molecule has 0 rings (SSSR count). The molecule has 0 aliphatic heterocycles. The third kappa shape index (κ3) is 16.0. The summed E-state index contributed by atoms with van der Waals surface area (Å²) < 4.78 is 18.5. The fourth-order valence-corrected chi connectivity index (χ4v) is 5.59. The van der Waals surface area contributed by atoms with Gasteiger partial charge in [0.25, 0.3) is 0 Å². The number of unbranched alkanes of at least 4 members (excludes halogenated alkanes) is 10. The zero-order chi connectivity index (χ0) is 22.0. The Morgan fingerprint density at radius 3 is 1.93 bits per heavy atom. The average Bonchev–Trinajstić information content (AvgIpc) is 2.64. The maximum Gasteiger partial charge on any atom is 0.385 e. The van der Waals surface area contributed by atoms with E-state index >= 15 is 0 Å². The first kappa shape index (κ1) is 28.6. The summed E-state index contributed by atoms with van der Waals surface area (Å²) >= 11 is 0. The lowest BCUT2D eigenvalue weighted by atomic mass is 10.1. The molecule has 0 aliphatic carbocycles. The van der Waals surface area contributed by atoms with Crippen LogP contribution in [-0.4, -0.2) is 42.9 Å². The summed E-state index contributed by atoms with van der Waals surface area (Å²) in [5.41, 5.74) is 0. The SMILES string of the molecule is C=CCCCC=CCCCCCCCCCCOP(=O)(O)C(CCC)[N+](C)(C)C. The van der Waals surface area contributed by atoms with Gasteiger partial charge in [-0.15, -0.1) is 6.58 Å². The molecule has 2 unspecified atom stereocenters. The monoisotopic (exact) mass is 430 g/mol. The molecule has 0 spiro atoms. The van der Waals surface area contributed by atoms with Crippen molar-refractivity contribution in [1.29, 1.82) is 0 Å². The Morgan fingerprint density at radius 1 is 0.897 bits per heavy atom. The van der Waals surface area contributed by atoms with Crippen molar-refractivity contribution in [3.8, 4) is 0 Å². The van der Waals surface area contributed by atoms with Crippen LogP contribution in [0, 0.1) is 0 Å². The third-order valence-electron chi connectivity index (χ3n) is 5.30. The first-order valence-electron chi connectivity index (χ1n) is 11.8. The summed E-state index contributed by atoms with van der Waals surface area (Å²) in [5.74, 6) is -0.338. The Labute approximate surface area is 181 Å². The van der Waals surface area contributed by atoms with Gasteiger partial charge in [-0.3, -0.25) is 4.57 Å². The Hall–Kier alpha value is -0.410. The highest BCUT2D eigenvalue weighted by Gasteiger charge is 2.41. The second kappa shape index (κ2) is 17.3. The molecule has 2 atom stereocenters. The molecule has 0 amide bonds. The van der Waals surface area contributed by atoms with Gasteiger partial charge in [0.05, 0.1) is 27.7 Å². The summed E-state index contributed by atoms with van der Waals surface area (Å²) in [7, 11) is 2.33. The molecule has 4 nitrogen and oxygen atoms in total. The van der Waals surface area contributed by atoms with Crippen molar-refractivity contribution in [3.05, 3.63) is 24.8 Å². The van der Waals surface area contributed by atoms with Crippen LogP contribution in [0.15, 0.2) is 24.8 Å². The summed E-state index contributed by atoms with van der Waals surface area (Å²) in [6.07, 6.45) is 22.6. The van der Waals surface area contributed by atoms with E-state index in [1.165, 1.54) is 57.8 Å². The van der Waals surface area contributed by atoms with E-state index in [0.29, 0.717) is 17.5 Å². The van der Waals surface area contributed by atoms with Gasteiger partial charge in [-0.2, -0.15) is 0 Å². The minimum atomic E-state index is -3.57. The molecule has 0 saturated heterocycles. The van der Waals surface area contributed by atoms with Crippen LogP contribution in [0.2, 0.25) is 0 Å². The molecule has 0 fully saturated rings. The van der Waals surface area contributed by atoms with Crippen molar-refractivity contribution in [2.75, 3.05) is 27.7 Å². The number of hydrogen-bond acceptors (Lipinski definition) is 2. The first-order valence-corrected chi connectivity index (χ1v) is 13.4.